The van der Waals surface area contributed by atoms with Crippen LogP contribution in [-0.2, 0) is 4.74 Å². The van der Waals surface area contributed by atoms with Gasteiger partial charge >= 0.3 is 105 Å². The summed E-state index contributed by atoms with van der Waals surface area (Å²) in [6.07, 6.45) is 3.80. The Morgan fingerprint density at radius 3 is 2.29 bits per heavy atom. The molecular weight excluding hydrogens is 283 g/mol. The first-order valence-corrected chi connectivity index (χ1v) is 7.35. The summed E-state index contributed by atoms with van der Waals surface area (Å²) in [5.41, 5.74) is 1.08. The second-order valence-electron chi connectivity index (χ2n) is 3.48. The fourth-order valence-corrected chi connectivity index (χ4v) is 3.26. The van der Waals surface area contributed by atoms with E-state index in [1.165, 1.54) is 7.11 Å². The number of carbonyl (C=O) groups excluding carboxylic acids is 2. The van der Waals surface area contributed by atoms with E-state index >= 15 is 0 Å². The molecular formula is C13H12O3Se. The van der Waals surface area contributed by atoms with Crippen LogP contribution >= 0.6 is 0 Å². The van der Waals surface area contributed by atoms with Crippen molar-refractivity contribution in [3.63, 3.8) is 0 Å². The molecule has 1 aromatic rings. The molecule has 0 fully saturated rings. The van der Waals surface area contributed by atoms with E-state index in [1.54, 1.807) is 24.3 Å². The SMILES string of the molecule is COC(=O)c1ccc(C(=O)C2=CC=C[SeH2]2)cc1. The van der Waals surface area contributed by atoms with E-state index in [0.717, 1.165) is 4.47 Å². The van der Waals surface area contributed by atoms with Gasteiger partial charge in [-0.25, -0.2) is 0 Å². The van der Waals surface area contributed by atoms with Gasteiger partial charge in [-0.1, -0.05) is 0 Å². The Morgan fingerprint density at radius 2 is 1.76 bits per heavy atom. The molecule has 0 aliphatic carbocycles. The van der Waals surface area contributed by atoms with Gasteiger partial charge in [-0.3, -0.25) is 0 Å². The minimum absolute atomic E-state index is 0.0615. The molecule has 2 rings (SSSR count). The zero-order valence-electron chi connectivity index (χ0n) is 9.27. The fraction of sp³-hybridized carbons (Fsp3) is 0.0769. The molecule has 1 aliphatic heterocycles. The van der Waals surface area contributed by atoms with Gasteiger partial charge in [0.2, 0.25) is 0 Å². The van der Waals surface area contributed by atoms with Crippen molar-refractivity contribution in [1.29, 1.82) is 0 Å². The van der Waals surface area contributed by atoms with E-state index in [0.29, 0.717) is 11.1 Å². The Bertz CT molecular complexity index is 512. The normalized spacial score (nSPS) is 15.7. The third-order valence-corrected chi connectivity index (χ3v) is 4.64. The maximum absolute atomic E-state index is 12.0. The number of allylic oxidation sites excluding steroid dienone is 3. The first kappa shape index (κ1) is 11.8. The third-order valence-electron chi connectivity index (χ3n) is 2.41. The zero-order chi connectivity index (χ0) is 12.3. The predicted molar refractivity (Wildman–Crippen MR) is 67.9 cm³/mol. The van der Waals surface area contributed by atoms with Gasteiger partial charge in [0.1, 0.15) is 0 Å². The summed E-state index contributed by atoms with van der Waals surface area (Å²) in [4.78, 5) is 25.3. The quantitative estimate of drug-likeness (QED) is 0.479. The molecule has 0 aromatic heterocycles. The van der Waals surface area contributed by atoms with Gasteiger partial charge in [0.05, 0.1) is 0 Å². The minimum atomic E-state index is -0.404. The first-order valence-electron chi connectivity index (χ1n) is 5.09. The van der Waals surface area contributed by atoms with Gasteiger partial charge in [0, 0.05) is 0 Å². The van der Waals surface area contributed by atoms with E-state index in [-0.39, 0.29) is 11.8 Å². The molecule has 0 saturated carbocycles. The van der Waals surface area contributed by atoms with Crippen molar-refractivity contribution in [2.45, 2.75) is 0 Å². The van der Waals surface area contributed by atoms with Crippen LogP contribution in [0.5, 0.6) is 0 Å². The molecule has 0 amide bonds. The van der Waals surface area contributed by atoms with Crippen LogP contribution in [0.3, 0.4) is 0 Å². The molecule has 0 atom stereocenters. The number of ketones is 1. The number of hydrogen-bond donors (Lipinski definition) is 0. The number of rotatable bonds is 3. The Kier molecular flexibility index (Phi) is 3.57. The summed E-state index contributed by atoms with van der Waals surface area (Å²) < 4.78 is 5.50. The van der Waals surface area contributed by atoms with Crippen LogP contribution in [0, 0.1) is 0 Å². The van der Waals surface area contributed by atoms with Crippen LogP contribution in [0.15, 0.2) is 45.9 Å². The van der Waals surface area contributed by atoms with Gasteiger partial charge in [0.25, 0.3) is 0 Å². The van der Waals surface area contributed by atoms with Crippen molar-refractivity contribution >= 4 is 26.7 Å². The van der Waals surface area contributed by atoms with Crippen LogP contribution in [0.2, 0.25) is 0 Å². The summed E-state index contributed by atoms with van der Waals surface area (Å²) in [5, 5.41) is 0. The summed E-state index contributed by atoms with van der Waals surface area (Å²) >= 11 is -0.404. The van der Waals surface area contributed by atoms with Crippen molar-refractivity contribution in [2.75, 3.05) is 7.11 Å². The number of esters is 1. The fourth-order valence-electron chi connectivity index (χ4n) is 1.50. The number of methoxy groups -OCH3 is 1. The van der Waals surface area contributed by atoms with Crippen LogP contribution in [0.1, 0.15) is 20.7 Å². The monoisotopic (exact) mass is 296 g/mol. The average Bonchev–Trinajstić information content (AvgIpc) is 2.91. The molecule has 1 aliphatic rings. The summed E-state index contributed by atoms with van der Waals surface area (Å²) in [5.74, 6) is -0.328. The molecule has 0 bridgehead atoms. The standard InChI is InChI=1S/C13H12O3Se/c1-16-13(15)10-6-4-9(5-7-10)12(14)11-3-2-8-17-11/h2-8H,17H2,1H3. The zero-order valence-corrected chi connectivity index (χ0v) is 11.4. The molecule has 4 heteroatoms. The van der Waals surface area contributed by atoms with Crippen molar-refractivity contribution in [3.05, 3.63) is 57.0 Å². The van der Waals surface area contributed by atoms with E-state index in [4.69, 9.17) is 0 Å². The Labute approximate surface area is 105 Å². The molecule has 1 aromatic carbocycles. The van der Waals surface area contributed by atoms with Crippen molar-refractivity contribution in [1.82, 2.24) is 0 Å². The second kappa shape index (κ2) is 5.13. The Hall–Kier alpha value is -1.64. The van der Waals surface area contributed by atoms with Crippen molar-refractivity contribution < 1.29 is 14.3 Å². The van der Waals surface area contributed by atoms with Gasteiger partial charge in [-0.05, 0) is 0 Å². The Morgan fingerprint density at radius 1 is 1.12 bits per heavy atom. The molecule has 0 unspecified atom stereocenters. The summed E-state index contributed by atoms with van der Waals surface area (Å²) in [6.45, 7) is 0. The van der Waals surface area contributed by atoms with Gasteiger partial charge in [0.15, 0.2) is 0 Å². The molecule has 88 valence electrons. The van der Waals surface area contributed by atoms with Gasteiger partial charge < -0.3 is 0 Å². The van der Waals surface area contributed by atoms with Crippen LogP contribution in [-0.4, -0.2) is 33.8 Å². The van der Waals surface area contributed by atoms with Crippen LogP contribution in [0.4, 0.5) is 0 Å². The molecule has 0 spiro atoms. The van der Waals surface area contributed by atoms with E-state index in [2.05, 4.69) is 9.71 Å². The number of ether oxygens (including phenoxy) is 1. The molecule has 3 nitrogen and oxygen atoms in total. The van der Waals surface area contributed by atoms with Crippen molar-refractivity contribution in [3.8, 4) is 0 Å². The first-order chi connectivity index (χ1) is 8.22. The molecule has 17 heavy (non-hydrogen) atoms. The van der Waals surface area contributed by atoms with Crippen LogP contribution in [0.25, 0.3) is 0 Å². The summed E-state index contributed by atoms with van der Waals surface area (Å²) in [6, 6.07) is 6.56. The van der Waals surface area contributed by atoms with E-state index < -0.39 is 15.0 Å². The van der Waals surface area contributed by atoms with Crippen molar-refractivity contribution in [2.24, 2.45) is 0 Å². The number of Topliss-reactive ketones (excluding diaryl/α,β-unsaturated/α-hetero) is 1. The van der Waals surface area contributed by atoms with E-state index in [1.807, 2.05) is 12.2 Å². The maximum atomic E-state index is 12.0. The Balaban J connectivity index is 2.18. The van der Waals surface area contributed by atoms with Gasteiger partial charge in [-0.2, -0.15) is 0 Å². The van der Waals surface area contributed by atoms with Gasteiger partial charge in [-0.15, -0.1) is 0 Å². The number of carbonyl (C=O) groups is 2. The number of hydrogen-bond acceptors (Lipinski definition) is 3. The molecule has 0 saturated heterocycles. The predicted octanol–water partition coefficient (Wildman–Crippen LogP) is 1.24. The third kappa shape index (κ3) is 2.54. The average molecular weight is 295 g/mol. The molecule has 0 N–H and O–H groups in total. The molecule has 1 heterocycles. The topological polar surface area (TPSA) is 43.4 Å². The number of benzene rings is 1. The molecule has 0 radical (unpaired) electrons. The second-order valence-corrected chi connectivity index (χ2v) is 5.92. The summed E-state index contributed by atoms with van der Waals surface area (Å²) in [7, 11) is 1.33. The van der Waals surface area contributed by atoms with Crippen LogP contribution < -0.4 is 0 Å². The van der Waals surface area contributed by atoms with E-state index in [9.17, 15) is 9.59 Å².